The van der Waals surface area contributed by atoms with Crippen molar-refractivity contribution in [2.24, 2.45) is 0 Å². The SMILES string of the molecule is O=C(O)c1cccc(-c2ccc([C@@H]3[C@@H](c4ccccn4)NC(=S)N3Cc3ccccn3)o2)c1. The lowest BCUT2D eigenvalue weighted by Crippen LogP contribution is -2.29. The van der Waals surface area contributed by atoms with Crippen LogP contribution in [-0.4, -0.2) is 31.1 Å². The largest absolute Gasteiger partial charge is 0.478 e. The summed E-state index contributed by atoms with van der Waals surface area (Å²) in [5, 5.41) is 13.3. The van der Waals surface area contributed by atoms with Crippen LogP contribution in [0.25, 0.3) is 11.3 Å². The van der Waals surface area contributed by atoms with Crippen molar-refractivity contribution in [3.05, 3.63) is 108 Å². The first kappa shape index (κ1) is 20.8. The molecular weight excluding hydrogens is 436 g/mol. The molecular formula is C25H20N4O3S. The number of rotatable bonds is 6. The lowest BCUT2D eigenvalue weighted by Gasteiger charge is -2.25. The molecule has 0 bridgehead atoms. The Morgan fingerprint density at radius 1 is 1.03 bits per heavy atom. The molecule has 4 aromatic rings. The summed E-state index contributed by atoms with van der Waals surface area (Å²) in [5.41, 5.74) is 2.63. The third-order valence-corrected chi connectivity index (χ3v) is 5.92. The Hall–Kier alpha value is -4.04. The molecule has 1 saturated heterocycles. The van der Waals surface area contributed by atoms with E-state index in [1.807, 2.05) is 59.5 Å². The number of hydrogen-bond donors (Lipinski definition) is 2. The Kier molecular flexibility index (Phi) is 5.58. The first-order valence-electron chi connectivity index (χ1n) is 10.4. The van der Waals surface area contributed by atoms with Crippen molar-refractivity contribution in [1.82, 2.24) is 20.2 Å². The lowest BCUT2D eigenvalue weighted by atomic mass is 10.0. The second kappa shape index (κ2) is 8.84. The molecule has 1 fully saturated rings. The molecule has 5 rings (SSSR count). The van der Waals surface area contributed by atoms with E-state index in [1.54, 1.807) is 30.6 Å². The molecule has 2 N–H and O–H groups in total. The van der Waals surface area contributed by atoms with E-state index in [0.717, 1.165) is 11.4 Å². The zero-order chi connectivity index (χ0) is 22.8. The summed E-state index contributed by atoms with van der Waals surface area (Å²) < 4.78 is 6.27. The van der Waals surface area contributed by atoms with Gasteiger partial charge in [-0.15, -0.1) is 0 Å². The van der Waals surface area contributed by atoms with E-state index in [-0.39, 0.29) is 17.6 Å². The van der Waals surface area contributed by atoms with E-state index in [2.05, 4.69) is 15.3 Å². The number of hydrogen-bond acceptors (Lipinski definition) is 5. The minimum Gasteiger partial charge on any atom is -0.478 e. The molecule has 3 aromatic heterocycles. The molecule has 0 aliphatic carbocycles. The van der Waals surface area contributed by atoms with Gasteiger partial charge < -0.3 is 19.7 Å². The smallest absolute Gasteiger partial charge is 0.335 e. The molecule has 7 nitrogen and oxygen atoms in total. The van der Waals surface area contributed by atoms with Gasteiger partial charge in [0.2, 0.25) is 0 Å². The monoisotopic (exact) mass is 456 g/mol. The van der Waals surface area contributed by atoms with Crippen LogP contribution in [0.5, 0.6) is 0 Å². The third kappa shape index (κ3) is 4.20. The van der Waals surface area contributed by atoms with Crippen LogP contribution in [0.1, 0.15) is 39.6 Å². The maximum Gasteiger partial charge on any atom is 0.335 e. The van der Waals surface area contributed by atoms with Crippen LogP contribution in [-0.2, 0) is 6.54 Å². The van der Waals surface area contributed by atoms with E-state index < -0.39 is 5.97 Å². The van der Waals surface area contributed by atoms with Crippen LogP contribution in [0, 0.1) is 0 Å². The molecule has 1 aliphatic rings. The van der Waals surface area contributed by atoms with E-state index >= 15 is 0 Å². The molecule has 0 saturated carbocycles. The van der Waals surface area contributed by atoms with E-state index in [4.69, 9.17) is 16.6 Å². The number of carbonyl (C=O) groups is 1. The van der Waals surface area contributed by atoms with Crippen LogP contribution in [0.15, 0.2) is 89.6 Å². The Labute approximate surface area is 195 Å². The fourth-order valence-electron chi connectivity index (χ4n) is 4.02. The average molecular weight is 457 g/mol. The van der Waals surface area contributed by atoms with Crippen molar-refractivity contribution >= 4 is 23.3 Å². The topological polar surface area (TPSA) is 91.5 Å². The molecule has 1 aliphatic heterocycles. The number of carboxylic acid groups (broad SMARTS) is 1. The number of nitrogens with one attached hydrogen (secondary N) is 1. The zero-order valence-corrected chi connectivity index (χ0v) is 18.3. The summed E-state index contributed by atoms with van der Waals surface area (Å²) in [6, 6.07) is 21.5. The maximum absolute atomic E-state index is 11.4. The highest BCUT2D eigenvalue weighted by Crippen LogP contribution is 2.41. The van der Waals surface area contributed by atoms with Gasteiger partial charge in [0, 0.05) is 18.0 Å². The van der Waals surface area contributed by atoms with Crippen molar-refractivity contribution in [3.63, 3.8) is 0 Å². The predicted molar refractivity (Wildman–Crippen MR) is 126 cm³/mol. The van der Waals surface area contributed by atoms with Gasteiger partial charge in [0.05, 0.1) is 29.5 Å². The number of thiocarbonyl (C=S) groups is 1. The molecule has 1 aromatic carbocycles. The summed E-state index contributed by atoms with van der Waals surface area (Å²) in [5.74, 6) is 0.305. The van der Waals surface area contributed by atoms with E-state index in [0.29, 0.717) is 28.7 Å². The molecule has 0 spiro atoms. The molecule has 33 heavy (non-hydrogen) atoms. The average Bonchev–Trinajstić information content (AvgIpc) is 3.45. The van der Waals surface area contributed by atoms with Crippen molar-refractivity contribution in [2.45, 2.75) is 18.6 Å². The molecule has 0 radical (unpaired) electrons. The molecule has 2 atom stereocenters. The quantitative estimate of drug-likeness (QED) is 0.407. The summed E-state index contributed by atoms with van der Waals surface area (Å²) in [6.45, 7) is 0.505. The lowest BCUT2D eigenvalue weighted by molar-refractivity contribution is 0.0697. The van der Waals surface area contributed by atoms with E-state index in [9.17, 15) is 9.90 Å². The summed E-state index contributed by atoms with van der Waals surface area (Å²) in [7, 11) is 0. The fourth-order valence-corrected chi connectivity index (χ4v) is 4.33. The van der Waals surface area contributed by atoms with Crippen LogP contribution in [0.3, 0.4) is 0 Å². The number of aromatic nitrogens is 2. The van der Waals surface area contributed by atoms with Gasteiger partial charge in [-0.25, -0.2) is 4.79 Å². The summed E-state index contributed by atoms with van der Waals surface area (Å²) >= 11 is 5.69. The van der Waals surface area contributed by atoms with Gasteiger partial charge >= 0.3 is 5.97 Å². The summed E-state index contributed by atoms with van der Waals surface area (Å²) in [6.07, 6.45) is 3.51. The first-order chi connectivity index (χ1) is 16.1. The second-order valence-corrected chi connectivity index (χ2v) is 8.05. The maximum atomic E-state index is 11.4. The fraction of sp³-hybridized carbons (Fsp3) is 0.120. The first-order valence-corrected chi connectivity index (χ1v) is 10.8. The van der Waals surface area contributed by atoms with Crippen LogP contribution < -0.4 is 5.32 Å². The van der Waals surface area contributed by atoms with Crippen molar-refractivity contribution in [1.29, 1.82) is 0 Å². The zero-order valence-electron chi connectivity index (χ0n) is 17.5. The molecule has 0 unspecified atom stereocenters. The molecule has 0 amide bonds. The highest BCUT2D eigenvalue weighted by atomic mass is 32.1. The van der Waals surface area contributed by atoms with Crippen molar-refractivity contribution in [3.8, 4) is 11.3 Å². The van der Waals surface area contributed by atoms with Crippen LogP contribution in [0.4, 0.5) is 0 Å². The Morgan fingerprint density at radius 3 is 2.58 bits per heavy atom. The minimum atomic E-state index is -0.981. The number of aromatic carboxylic acids is 1. The Balaban J connectivity index is 1.53. The van der Waals surface area contributed by atoms with E-state index in [1.165, 1.54) is 0 Å². The van der Waals surface area contributed by atoms with Gasteiger partial charge in [0.25, 0.3) is 0 Å². The van der Waals surface area contributed by atoms with Gasteiger partial charge in [-0.3, -0.25) is 9.97 Å². The summed E-state index contributed by atoms with van der Waals surface area (Å²) in [4.78, 5) is 22.4. The molecule has 8 heteroatoms. The molecule has 164 valence electrons. The number of nitrogens with zero attached hydrogens (tertiary/aromatic N) is 3. The minimum absolute atomic E-state index is 0.206. The normalized spacial score (nSPS) is 17.7. The standard InChI is InChI=1S/C25H20N4O3S/c30-24(31)17-7-5-6-16(14-17)20-10-11-21(32-20)23-22(19-9-2-4-13-27-19)28-25(33)29(23)15-18-8-1-3-12-26-18/h1-14,22-23H,15H2,(H,28,33)(H,30,31)/t22-,23-/m1/s1. The van der Waals surface area contributed by atoms with Gasteiger partial charge in [-0.2, -0.15) is 0 Å². The highest BCUT2D eigenvalue weighted by Gasteiger charge is 2.41. The van der Waals surface area contributed by atoms with Crippen molar-refractivity contribution in [2.75, 3.05) is 0 Å². The van der Waals surface area contributed by atoms with Gasteiger partial charge in [-0.1, -0.05) is 24.3 Å². The van der Waals surface area contributed by atoms with Crippen molar-refractivity contribution < 1.29 is 14.3 Å². The van der Waals surface area contributed by atoms with Crippen LogP contribution >= 0.6 is 12.2 Å². The van der Waals surface area contributed by atoms with Crippen LogP contribution in [0.2, 0.25) is 0 Å². The number of pyridine rings is 2. The third-order valence-electron chi connectivity index (χ3n) is 5.57. The number of benzene rings is 1. The second-order valence-electron chi connectivity index (χ2n) is 7.66. The number of carboxylic acids is 1. The highest BCUT2D eigenvalue weighted by molar-refractivity contribution is 7.80. The van der Waals surface area contributed by atoms with Gasteiger partial charge in [0.1, 0.15) is 17.6 Å². The molecule has 4 heterocycles. The van der Waals surface area contributed by atoms with Gasteiger partial charge in [-0.05, 0) is 60.7 Å². The Bertz CT molecular complexity index is 1290. The number of furan rings is 1. The van der Waals surface area contributed by atoms with Gasteiger partial charge in [0.15, 0.2) is 5.11 Å². The predicted octanol–water partition coefficient (Wildman–Crippen LogP) is 4.61. The Morgan fingerprint density at radius 2 is 1.85 bits per heavy atom.